The average molecular weight is 309 g/mol. The molecule has 0 fully saturated rings. The molecule has 0 aliphatic heterocycles. The highest BCUT2D eigenvalue weighted by Gasteiger charge is 2.42. The largest absolute Gasteiger partial charge is 0.269 e. The lowest BCUT2D eigenvalue weighted by Gasteiger charge is -2.44. The quantitative estimate of drug-likeness (QED) is 0.621. The molecule has 0 saturated carbocycles. The number of non-ortho nitro benzene ring substituents is 2. The van der Waals surface area contributed by atoms with E-state index in [0.29, 0.717) is 0 Å². The van der Waals surface area contributed by atoms with Crippen LogP contribution in [0.5, 0.6) is 0 Å². The first kappa shape index (κ1) is 13.9. The molecule has 6 nitrogen and oxygen atoms in total. The molecule has 0 amide bonds. The van der Waals surface area contributed by atoms with Crippen LogP contribution in [-0.4, -0.2) is 9.85 Å². The van der Waals surface area contributed by atoms with Gasteiger partial charge in [0.05, 0.1) is 9.85 Å². The molecule has 1 radical (unpaired) electrons. The maximum atomic E-state index is 11.1. The first-order valence-corrected chi connectivity index (χ1v) is 7.37. The molecule has 3 atom stereocenters. The van der Waals surface area contributed by atoms with Crippen molar-refractivity contribution in [2.75, 3.05) is 0 Å². The Morgan fingerprint density at radius 1 is 0.870 bits per heavy atom. The molecule has 3 aliphatic carbocycles. The molecule has 0 N–H and O–H groups in total. The molecule has 5 rings (SSSR count). The summed E-state index contributed by atoms with van der Waals surface area (Å²) in [6.07, 6.45) is 0.809. The fraction of sp³-hybridized carbons (Fsp3) is 0.235. The zero-order valence-corrected chi connectivity index (χ0v) is 12.1. The monoisotopic (exact) mass is 309 g/mol. The molecule has 6 heteroatoms. The van der Waals surface area contributed by atoms with Gasteiger partial charge in [0.15, 0.2) is 0 Å². The average Bonchev–Trinajstić information content (AvgIpc) is 2.53. The van der Waals surface area contributed by atoms with Gasteiger partial charge in [0.2, 0.25) is 0 Å². The zero-order chi connectivity index (χ0) is 16.3. The van der Waals surface area contributed by atoms with Gasteiger partial charge in [-0.25, -0.2) is 0 Å². The number of nitro groups is 2. The van der Waals surface area contributed by atoms with Crippen LogP contribution >= 0.6 is 0 Å². The van der Waals surface area contributed by atoms with E-state index in [1.165, 1.54) is 12.1 Å². The van der Waals surface area contributed by atoms with Gasteiger partial charge in [-0.3, -0.25) is 20.2 Å². The predicted molar refractivity (Wildman–Crippen MR) is 83.3 cm³/mol. The second-order valence-corrected chi connectivity index (χ2v) is 6.17. The third kappa shape index (κ3) is 1.87. The molecular formula is C17H13N2O4. The van der Waals surface area contributed by atoms with Gasteiger partial charge in [0, 0.05) is 36.1 Å². The maximum absolute atomic E-state index is 11.1. The van der Waals surface area contributed by atoms with Crippen molar-refractivity contribution in [3.63, 3.8) is 0 Å². The summed E-state index contributed by atoms with van der Waals surface area (Å²) in [4.78, 5) is 21.3. The molecule has 115 valence electrons. The second-order valence-electron chi connectivity index (χ2n) is 6.17. The molecule has 23 heavy (non-hydrogen) atoms. The van der Waals surface area contributed by atoms with Gasteiger partial charge in [-0.15, -0.1) is 0 Å². The van der Waals surface area contributed by atoms with E-state index < -0.39 is 4.92 Å². The van der Waals surface area contributed by atoms with Crippen molar-refractivity contribution < 1.29 is 9.85 Å². The van der Waals surface area contributed by atoms with E-state index in [9.17, 15) is 20.2 Å². The van der Waals surface area contributed by atoms with Crippen LogP contribution in [0.1, 0.15) is 40.5 Å². The zero-order valence-electron chi connectivity index (χ0n) is 12.1. The van der Waals surface area contributed by atoms with Crippen LogP contribution in [-0.2, 0) is 0 Å². The smallest absolute Gasteiger partial charge is 0.258 e. The molecule has 3 unspecified atom stereocenters. The van der Waals surface area contributed by atoms with Gasteiger partial charge in [0.1, 0.15) is 0 Å². The number of rotatable bonds is 2. The maximum Gasteiger partial charge on any atom is 0.269 e. The van der Waals surface area contributed by atoms with Crippen molar-refractivity contribution in [1.29, 1.82) is 0 Å². The molecule has 0 spiro atoms. The lowest BCUT2D eigenvalue weighted by Crippen LogP contribution is -2.31. The van der Waals surface area contributed by atoms with Crippen molar-refractivity contribution >= 4 is 11.4 Å². The number of nitrogens with zero attached hydrogens (tertiary/aromatic N) is 2. The summed E-state index contributed by atoms with van der Waals surface area (Å²) in [5.74, 6) is 0.0994. The van der Waals surface area contributed by atoms with Gasteiger partial charge in [-0.2, -0.15) is 0 Å². The highest BCUT2D eigenvalue weighted by Crippen LogP contribution is 2.56. The topological polar surface area (TPSA) is 86.3 Å². The lowest BCUT2D eigenvalue weighted by molar-refractivity contribution is -0.385. The van der Waals surface area contributed by atoms with E-state index in [2.05, 4.69) is 6.92 Å². The highest BCUT2D eigenvalue weighted by molar-refractivity contribution is 5.60. The first-order valence-electron chi connectivity index (χ1n) is 7.37. The summed E-state index contributed by atoms with van der Waals surface area (Å²) < 4.78 is 0. The summed E-state index contributed by atoms with van der Waals surface area (Å²) >= 11 is 0. The van der Waals surface area contributed by atoms with Gasteiger partial charge in [-0.05, 0) is 41.5 Å². The van der Waals surface area contributed by atoms with Gasteiger partial charge in [0.25, 0.3) is 11.4 Å². The number of nitro benzene ring substituents is 2. The summed E-state index contributed by atoms with van der Waals surface area (Å²) in [5, 5.41) is 22.1. The molecule has 0 saturated heterocycles. The van der Waals surface area contributed by atoms with Crippen LogP contribution in [0.3, 0.4) is 0 Å². The van der Waals surface area contributed by atoms with Gasteiger partial charge in [-0.1, -0.05) is 12.1 Å². The van der Waals surface area contributed by atoms with E-state index in [-0.39, 0.29) is 34.1 Å². The Balaban J connectivity index is 1.93. The number of hydrogen-bond donors (Lipinski definition) is 0. The van der Waals surface area contributed by atoms with Crippen molar-refractivity contribution in [3.05, 3.63) is 85.8 Å². The first-order chi connectivity index (χ1) is 11.0. The van der Waals surface area contributed by atoms with Crippen molar-refractivity contribution in [1.82, 2.24) is 0 Å². The summed E-state index contributed by atoms with van der Waals surface area (Å²) in [7, 11) is 0. The van der Waals surface area contributed by atoms with Crippen LogP contribution in [0, 0.1) is 33.1 Å². The van der Waals surface area contributed by atoms with E-state index in [4.69, 9.17) is 0 Å². The number of benzene rings is 2. The lowest BCUT2D eigenvalue weighted by atomic mass is 9.59. The van der Waals surface area contributed by atoms with Gasteiger partial charge >= 0.3 is 0 Å². The Morgan fingerprint density at radius 3 is 2.04 bits per heavy atom. The Labute approximate surface area is 132 Å². The number of hydrogen-bond acceptors (Lipinski definition) is 4. The second kappa shape index (κ2) is 4.62. The summed E-state index contributed by atoms with van der Waals surface area (Å²) in [6.45, 7) is 4.21. The SMILES string of the molecule is [CH2]C1CC2c3cc([N+](=O)[O-])ccc3C1c1cc([N+](=O)[O-])ccc12. The predicted octanol–water partition coefficient (Wildman–Crippen LogP) is 3.93. The molecule has 2 bridgehead atoms. The molecular weight excluding hydrogens is 296 g/mol. The minimum Gasteiger partial charge on any atom is -0.258 e. The Hall–Kier alpha value is -2.76. The standard InChI is InChI=1S/C17H13N2O4/c1-9-6-14-12-4-2-11(19(22)23)8-16(12)17(9)13-5-3-10(18(20)21)7-15(13)14/h2-5,7-9,14,17H,1,6H2. The fourth-order valence-electron chi connectivity index (χ4n) is 4.06. The molecule has 2 aromatic carbocycles. The van der Waals surface area contributed by atoms with Crippen LogP contribution in [0.4, 0.5) is 11.4 Å². The fourth-order valence-corrected chi connectivity index (χ4v) is 4.06. The van der Waals surface area contributed by atoms with E-state index in [0.717, 1.165) is 28.7 Å². The van der Waals surface area contributed by atoms with Crippen molar-refractivity contribution in [2.24, 2.45) is 5.92 Å². The van der Waals surface area contributed by atoms with E-state index in [1.54, 1.807) is 24.3 Å². The molecule has 2 aromatic rings. The minimum atomic E-state index is -0.391. The summed E-state index contributed by atoms with van der Waals surface area (Å²) in [5.41, 5.74) is 4.11. The van der Waals surface area contributed by atoms with Gasteiger partial charge < -0.3 is 0 Å². The third-order valence-electron chi connectivity index (χ3n) is 4.99. The third-order valence-corrected chi connectivity index (χ3v) is 4.99. The highest BCUT2D eigenvalue weighted by atomic mass is 16.6. The van der Waals surface area contributed by atoms with Crippen LogP contribution in [0.15, 0.2) is 36.4 Å². The van der Waals surface area contributed by atoms with E-state index >= 15 is 0 Å². The van der Waals surface area contributed by atoms with Crippen molar-refractivity contribution in [2.45, 2.75) is 18.3 Å². The van der Waals surface area contributed by atoms with Crippen molar-refractivity contribution in [3.8, 4) is 0 Å². The minimum absolute atomic E-state index is 0.0215. The molecule has 0 aromatic heterocycles. The van der Waals surface area contributed by atoms with Crippen LogP contribution < -0.4 is 0 Å². The van der Waals surface area contributed by atoms with Crippen LogP contribution in [0.2, 0.25) is 0 Å². The molecule has 3 aliphatic rings. The molecule has 0 heterocycles. The number of fused-ring (bicyclic) bond motifs is 1. The van der Waals surface area contributed by atoms with E-state index in [1.807, 2.05) is 0 Å². The van der Waals surface area contributed by atoms with Crippen LogP contribution in [0.25, 0.3) is 0 Å². The summed E-state index contributed by atoms with van der Waals surface area (Å²) in [6, 6.07) is 9.86. The Morgan fingerprint density at radius 2 is 1.43 bits per heavy atom. The Bertz CT molecular complexity index is 862. The normalized spacial score (nSPS) is 24.0. The Kier molecular flexibility index (Phi) is 2.78.